The first-order valence-electron chi connectivity index (χ1n) is 8.64. The average Bonchev–Trinajstić information content (AvgIpc) is 3.10. The lowest BCUT2D eigenvalue weighted by Gasteiger charge is -2.36. The van der Waals surface area contributed by atoms with Crippen LogP contribution >= 0.6 is 11.6 Å². The summed E-state index contributed by atoms with van der Waals surface area (Å²) in [5.41, 5.74) is 4.32. The fourth-order valence-electron chi connectivity index (χ4n) is 3.55. The molecule has 4 rings (SSSR count). The van der Waals surface area contributed by atoms with Gasteiger partial charge in [0.05, 0.1) is 17.2 Å². The molecular formula is C20H20ClN3O. The molecule has 25 heavy (non-hydrogen) atoms. The zero-order chi connectivity index (χ0) is 17.2. The van der Waals surface area contributed by atoms with Gasteiger partial charge in [0.15, 0.2) is 0 Å². The van der Waals surface area contributed by atoms with Crippen molar-refractivity contribution in [3.05, 3.63) is 58.1 Å². The quantitative estimate of drug-likeness (QED) is 0.847. The minimum absolute atomic E-state index is 0.530. The van der Waals surface area contributed by atoms with Crippen LogP contribution in [0.25, 0.3) is 0 Å². The van der Waals surface area contributed by atoms with Crippen molar-refractivity contribution < 1.29 is 4.74 Å². The molecule has 128 valence electrons. The van der Waals surface area contributed by atoms with E-state index in [9.17, 15) is 0 Å². The maximum Gasteiger partial charge on any atom is 0.122 e. The van der Waals surface area contributed by atoms with E-state index in [0.717, 1.165) is 57.2 Å². The lowest BCUT2D eigenvalue weighted by molar-refractivity contribution is 0.250. The van der Waals surface area contributed by atoms with Crippen LogP contribution in [0, 0.1) is 11.3 Å². The standard InChI is InChI=1S/C20H20ClN3O/c21-19-12-18(3-2-17(19)13-22)24-8-6-23(7-9-24)14-15-1-4-20-16(11-15)5-10-25-20/h1-4,11-12H,5-10,14H2. The first-order chi connectivity index (χ1) is 12.2. The molecule has 0 bridgehead atoms. The van der Waals surface area contributed by atoms with Gasteiger partial charge in [-0.15, -0.1) is 0 Å². The van der Waals surface area contributed by atoms with Gasteiger partial charge in [-0.3, -0.25) is 4.90 Å². The monoisotopic (exact) mass is 353 g/mol. The van der Waals surface area contributed by atoms with Crippen molar-refractivity contribution in [3.63, 3.8) is 0 Å². The Hall–Kier alpha value is -2.22. The Kier molecular flexibility index (Phi) is 4.52. The lowest BCUT2D eigenvalue weighted by atomic mass is 10.1. The van der Waals surface area contributed by atoms with E-state index in [1.54, 1.807) is 6.07 Å². The summed E-state index contributed by atoms with van der Waals surface area (Å²) in [6, 6.07) is 14.4. The number of benzene rings is 2. The van der Waals surface area contributed by atoms with E-state index >= 15 is 0 Å². The molecule has 2 aromatic carbocycles. The Balaban J connectivity index is 1.37. The van der Waals surface area contributed by atoms with Crippen LogP contribution < -0.4 is 9.64 Å². The first kappa shape index (κ1) is 16.3. The number of piperazine rings is 1. The van der Waals surface area contributed by atoms with E-state index in [0.29, 0.717) is 10.6 Å². The third-order valence-corrected chi connectivity index (χ3v) is 5.28. The molecule has 0 aliphatic carbocycles. The molecule has 0 radical (unpaired) electrons. The average molecular weight is 354 g/mol. The fourth-order valence-corrected chi connectivity index (χ4v) is 3.77. The van der Waals surface area contributed by atoms with Gasteiger partial charge in [-0.1, -0.05) is 23.7 Å². The number of hydrogen-bond acceptors (Lipinski definition) is 4. The summed E-state index contributed by atoms with van der Waals surface area (Å²) < 4.78 is 5.58. The zero-order valence-electron chi connectivity index (χ0n) is 14.0. The van der Waals surface area contributed by atoms with Gasteiger partial charge in [0.2, 0.25) is 0 Å². The third-order valence-electron chi connectivity index (χ3n) is 4.97. The van der Waals surface area contributed by atoms with Crippen LogP contribution in [0.5, 0.6) is 5.75 Å². The van der Waals surface area contributed by atoms with Gasteiger partial charge in [-0.05, 0) is 35.4 Å². The van der Waals surface area contributed by atoms with Crippen LogP contribution in [-0.4, -0.2) is 37.7 Å². The highest BCUT2D eigenvalue weighted by molar-refractivity contribution is 6.32. The molecule has 0 aromatic heterocycles. The van der Waals surface area contributed by atoms with Crippen LogP contribution in [-0.2, 0) is 13.0 Å². The second-order valence-corrected chi connectivity index (χ2v) is 6.99. The molecule has 0 saturated carbocycles. The van der Waals surface area contributed by atoms with Crippen molar-refractivity contribution in [2.45, 2.75) is 13.0 Å². The number of fused-ring (bicyclic) bond motifs is 1. The van der Waals surface area contributed by atoms with Crippen LogP contribution in [0.1, 0.15) is 16.7 Å². The summed E-state index contributed by atoms with van der Waals surface area (Å²) in [5, 5.41) is 9.52. The predicted molar refractivity (Wildman–Crippen MR) is 99.3 cm³/mol. The second-order valence-electron chi connectivity index (χ2n) is 6.58. The molecule has 0 spiro atoms. The number of nitriles is 1. The molecule has 0 unspecified atom stereocenters. The van der Waals surface area contributed by atoms with Gasteiger partial charge in [0, 0.05) is 44.8 Å². The molecule has 2 aromatic rings. The van der Waals surface area contributed by atoms with E-state index in [2.05, 4.69) is 34.1 Å². The molecular weight excluding hydrogens is 334 g/mol. The van der Waals surface area contributed by atoms with Crippen molar-refractivity contribution in [1.29, 1.82) is 5.26 Å². The van der Waals surface area contributed by atoms with E-state index in [-0.39, 0.29) is 0 Å². The van der Waals surface area contributed by atoms with Crippen LogP contribution in [0.3, 0.4) is 0 Å². The molecule has 1 fully saturated rings. The summed E-state index contributed by atoms with van der Waals surface area (Å²) in [4.78, 5) is 4.82. The molecule has 2 heterocycles. The van der Waals surface area contributed by atoms with E-state index in [1.165, 1.54) is 11.1 Å². The number of hydrogen-bond donors (Lipinski definition) is 0. The van der Waals surface area contributed by atoms with Gasteiger partial charge in [-0.2, -0.15) is 5.26 Å². The first-order valence-corrected chi connectivity index (χ1v) is 9.02. The van der Waals surface area contributed by atoms with Gasteiger partial charge < -0.3 is 9.64 Å². The normalized spacial score (nSPS) is 17.0. The Morgan fingerprint density at radius 2 is 1.92 bits per heavy atom. The minimum atomic E-state index is 0.530. The minimum Gasteiger partial charge on any atom is -0.493 e. The van der Waals surface area contributed by atoms with Gasteiger partial charge in [-0.25, -0.2) is 0 Å². The molecule has 0 atom stereocenters. The Bertz CT molecular complexity index is 822. The Labute approximate surface area is 153 Å². The number of nitrogens with zero attached hydrogens (tertiary/aromatic N) is 3. The van der Waals surface area contributed by atoms with Gasteiger partial charge in [0.25, 0.3) is 0 Å². The van der Waals surface area contributed by atoms with Crippen molar-refractivity contribution in [1.82, 2.24) is 4.90 Å². The SMILES string of the molecule is N#Cc1ccc(N2CCN(Cc3ccc4c(c3)CCO4)CC2)cc1Cl. The van der Waals surface area contributed by atoms with Crippen molar-refractivity contribution in [3.8, 4) is 11.8 Å². The Morgan fingerprint density at radius 1 is 1.08 bits per heavy atom. The highest BCUT2D eigenvalue weighted by Gasteiger charge is 2.19. The highest BCUT2D eigenvalue weighted by atomic mass is 35.5. The number of ether oxygens (including phenoxy) is 1. The zero-order valence-corrected chi connectivity index (χ0v) is 14.8. The summed E-state index contributed by atoms with van der Waals surface area (Å²) in [7, 11) is 0. The molecule has 2 aliphatic rings. The topological polar surface area (TPSA) is 39.5 Å². The summed E-state index contributed by atoms with van der Waals surface area (Å²) >= 11 is 6.16. The van der Waals surface area contributed by atoms with E-state index < -0.39 is 0 Å². The molecule has 0 amide bonds. The fraction of sp³-hybridized carbons (Fsp3) is 0.350. The molecule has 5 heteroatoms. The summed E-state index contributed by atoms with van der Waals surface area (Å²) in [6.07, 6.45) is 1.02. The Morgan fingerprint density at radius 3 is 2.68 bits per heavy atom. The maximum absolute atomic E-state index is 8.99. The van der Waals surface area contributed by atoms with Gasteiger partial charge in [0.1, 0.15) is 11.8 Å². The summed E-state index contributed by atoms with van der Waals surface area (Å²) in [5.74, 6) is 1.05. The third kappa shape index (κ3) is 3.44. The largest absolute Gasteiger partial charge is 0.493 e. The number of rotatable bonds is 3. The van der Waals surface area contributed by atoms with Crippen LogP contribution in [0.15, 0.2) is 36.4 Å². The van der Waals surface area contributed by atoms with E-state index in [1.807, 2.05) is 12.1 Å². The molecule has 4 nitrogen and oxygen atoms in total. The highest BCUT2D eigenvalue weighted by Crippen LogP contribution is 2.27. The van der Waals surface area contributed by atoms with Gasteiger partial charge >= 0.3 is 0 Å². The summed E-state index contributed by atoms with van der Waals surface area (Å²) in [6.45, 7) is 5.77. The lowest BCUT2D eigenvalue weighted by Crippen LogP contribution is -2.46. The van der Waals surface area contributed by atoms with Crippen LogP contribution in [0.4, 0.5) is 5.69 Å². The number of halogens is 1. The maximum atomic E-state index is 8.99. The molecule has 2 aliphatic heterocycles. The predicted octanol–water partition coefficient (Wildman–Crippen LogP) is 3.47. The van der Waals surface area contributed by atoms with Crippen molar-refractivity contribution in [2.75, 3.05) is 37.7 Å². The molecule has 0 N–H and O–H groups in total. The molecule has 1 saturated heterocycles. The smallest absolute Gasteiger partial charge is 0.122 e. The van der Waals surface area contributed by atoms with Crippen LogP contribution in [0.2, 0.25) is 5.02 Å². The van der Waals surface area contributed by atoms with Crippen molar-refractivity contribution in [2.24, 2.45) is 0 Å². The number of anilines is 1. The van der Waals surface area contributed by atoms with Crippen molar-refractivity contribution >= 4 is 17.3 Å². The van der Waals surface area contributed by atoms with E-state index in [4.69, 9.17) is 21.6 Å². The second kappa shape index (κ2) is 6.95.